The predicted molar refractivity (Wildman–Crippen MR) is 173 cm³/mol. The number of piperidine rings is 2. The maximum atomic E-state index is 4.02. The van der Waals surface area contributed by atoms with E-state index in [0.717, 1.165) is 24.4 Å². The molecule has 0 aromatic carbocycles. The Morgan fingerprint density at radius 1 is 0.795 bits per heavy atom. The second-order valence-electron chi connectivity index (χ2n) is 22.2. The Bertz CT molecular complexity index is 1620. The molecule has 0 aliphatic carbocycles. The third-order valence-electron chi connectivity index (χ3n) is 23.0. The molecule has 0 bridgehead atoms. The van der Waals surface area contributed by atoms with Crippen molar-refractivity contribution in [3.8, 4) is 0 Å². The van der Waals surface area contributed by atoms with Crippen molar-refractivity contribution >= 4 is 25.2 Å². The molecule has 12 heterocycles. The van der Waals surface area contributed by atoms with Crippen LogP contribution in [0.2, 0.25) is 65.9 Å². The summed E-state index contributed by atoms with van der Waals surface area (Å²) < 4.78 is 2.84. The Labute approximate surface area is 234 Å². The normalized spacial score (nSPS) is 74.3. The van der Waals surface area contributed by atoms with Gasteiger partial charge in [-0.05, 0) is 0 Å². The van der Waals surface area contributed by atoms with Gasteiger partial charge < -0.3 is 0 Å². The first-order valence-electron chi connectivity index (χ1n) is 17.1. The average Bonchev–Trinajstić information content (AvgIpc) is 3.80. The van der Waals surface area contributed by atoms with E-state index in [9.17, 15) is 0 Å². The third-order valence-corrected chi connectivity index (χ3v) is 82.2. The quantitative estimate of drug-likeness (QED) is 0.227. The predicted octanol–water partition coefficient (Wildman–Crippen LogP) is 9.06. The van der Waals surface area contributed by atoms with Crippen molar-refractivity contribution in [3.63, 3.8) is 0 Å². The van der Waals surface area contributed by atoms with E-state index in [4.69, 9.17) is 0 Å². The van der Waals surface area contributed by atoms with Gasteiger partial charge in [0.15, 0.2) is 0 Å². The molecule has 39 heavy (non-hydrogen) atoms. The van der Waals surface area contributed by atoms with Crippen LogP contribution in [-0.2, 0) is 6.51 Å². The Hall–Kier alpha value is 1.52. The molecule has 8 atom stereocenters. The van der Waals surface area contributed by atoms with E-state index in [1.165, 1.54) is 85.6 Å². The van der Waals surface area contributed by atoms with Crippen molar-refractivity contribution in [1.82, 2.24) is 10.6 Å². The van der Waals surface area contributed by atoms with E-state index < -0.39 is 14.6 Å². The van der Waals surface area contributed by atoms with Crippen molar-refractivity contribution in [2.24, 2.45) is 11.8 Å². The van der Waals surface area contributed by atoms with Crippen molar-refractivity contribution in [3.05, 3.63) is 0 Å². The van der Waals surface area contributed by atoms with Gasteiger partial charge in [-0.3, -0.25) is 0 Å². The summed E-state index contributed by atoms with van der Waals surface area (Å²) in [6, 6.07) is 0. The summed E-state index contributed by atoms with van der Waals surface area (Å²) in [5.74, 6) is 1.85. The molecule has 12 rings (SSSR count). The third kappa shape index (κ3) is 0.600. The summed E-state index contributed by atoms with van der Waals surface area (Å²) in [6.07, 6.45) is 7.66. The molecule has 12 saturated heterocycles. The molecule has 8 unspecified atom stereocenters. The minimum absolute atomic E-state index is 0.0110. The van der Waals surface area contributed by atoms with Gasteiger partial charge in [0.05, 0.1) is 0 Å². The first-order valence-corrected chi connectivity index (χ1v) is 28.8. The van der Waals surface area contributed by atoms with E-state index in [2.05, 4.69) is 81.1 Å². The van der Waals surface area contributed by atoms with Crippen LogP contribution >= 0.6 is 17.2 Å². The van der Waals surface area contributed by atoms with E-state index in [0.29, 0.717) is 15.5 Å². The summed E-state index contributed by atoms with van der Waals surface area (Å²) in [5, 5.41) is 9.54. The molecule has 2 nitrogen and oxygen atoms in total. The summed E-state index contributed by atoms with van der Waals surface area (Å²) in [6.45, 7) is 26.1. The zero-order valence-corrected chi connectivity index (χ0v) is 30.6. The van der Waals surface area contributed by atoms with Crippen molar-refractivity contribution in [2.75, 3.05) is 32.3 Å². The molecule has 222 valence electrons. The van der Waals surface area contributed by atoms with Crippen LogP contribution in [0, 0.1) is 11.8 Å². The first-order chi connectivity index (χ1) is 17.9. The molecule has 2 N–H and O–H groups in total. The summed E-state index contributed by atoms with van der Waals surface area (Å²) in [4.78, 5) is 9.67. The molecule has 0 saturated carbocycles. The zero-order valence-electron chi connectivity index (χ0n) is 26.4. The SMILES string of the molecule is CC(C)(C)P(C[C]12[CH]3[C]4([Si](C)(C)C)[CH]5[C]1(C(P)(C1CCCNC1)C1CCCNC1)[Fe]35241678[CH]2[CH]1[CH]6[CH]7[CH]28)C(C)(C)C. The van der Waals surface area contributed by atoms with Gasteiger partial charge in [0.2, 0.25) is 0 Å². The average molecular weight is 629 g/mol. The fraction of sp³-hybridized carbons (Fsp3) is 1.00. The Morgan fingerprint density at radius 2 is 1.26 bits per heavy atom. The van der Waals surface area contributed by atoms with Crippen LogP contribution in [0.5, 0.6) is 0 Å². The monoisotopic (exact) mass is 628 g/mol. The van der Waals surface area contributed by atoms with Crippen LogP contribution in [0.3, 0.4) is 0 Å². The topological polar surface area (TPSA) is 24.1 Å². The Morgan fingerprint density at radius 3 is 1.59 bits per heavy atom. The van der Waals surface area contributed by atoms with Crippen molar-refractivity contribution in [2.45, 2.75) is 149 Å². The van der Waals surface area contributed by atoms with Crippen molar-refractivity contribution in [1.29, 1.82) is 0 Å². The number of rotatable bonds is 6. The van der Waals surface area contributed by atoms with Gasteiger partial charge in [0, 0.05) is 0 Å². The van der Waals surface area contributed by atoms with E-state index in [1.807, 2.05) is 0 Å². The number of nitrogens with one attached hydrogen (secondary N) is 2. The second-order valence-corrected chi connectivity index (χ2v) is 55.8. The molecule has 1 spiro atoms. The van der Waals surface area contributed by atoms with Gasteiger partial charge in [-0.15, -0.1) is 0 Å². The number of hydrogen-bond acceptors (Lipinski definition) is 2. The molecular formula is C33H58FeN2P2Si. The van der Waals surface area contributed by atoms with Crippen LogP contribution in [0.25, 0.3) is 0 Å². The van der Waals surface area contributed by atoms with Gasteiger partial charge in [0.1, 0.15) is 0 Å². The first kappa shape index (κ1) is 23.8. The fourth-order valence-corrected chi connectivity index (χ4v) is 143. The van der Waals surface area contributed by atoms with Gasteiger partial charge in [-0.1, -0.05) is 0 Å². The molecule has 12 aliphatic rings. The summed E-state index contributed by atoms with van der Waals surface area (Å²) in [7, 11) is 2.74. The van der Waals surface area contributed by atoms with E-state index >= 15 is 0 Å². The molecule has 0 amide bonds. The van der Waals surface area contributed by atoms with Gasteiger partial charge in [0.25, 0.3) is 0 Å². The molecule has 0 aromatic rings. The zero-order chi connectivity index (χ0) is 27.4. The molecular weight excluding hydrogens is 570 g/mol. The van der Waals surface area contributed by atoms with Crippen LogP contribution in [0.1, 0.15) is 67.2 Å². The molecule has 6 heteroatoms. The van der Waals surface area contributed by atoms with Gasteiger partial charge in [-0.2, -0.15) is 0 Å². The molecule has 0 aromatic heterocycles. The van der Waals surface area contributed by atoms with E-state index in [-0.39, 0.29) is 7.92 Å². The fourth-order valence-electron chi connectivity index (χ4n) is 26.3. The Kier molecular flexibility index (Phi) is 2.14. The number of fused-ring (bicyclic) bond motifs is 10. The maximum absolute atomic E-state index is 4.02. The van der Waals surface area contributed by atoms with Crippen LogP contribution in [0.4, 0.5) is 0 Å². The minimum atomic E-state index is -3.92. The summed E-state index contributed by atoms with van der Waals surface area (Å²) >= 11 is 0. The van der Waals surface area contributed by atoms with Crippen LogP contribution < -0.4 is 10.6 Å². The van der Waals surface area contributed by atoms with Crippen LogP contribution in [0.15, 0.2) is 0 Å². The van der Waals surface area contributed by atoms with Crippen LogP contribution in [-0.4, -0.2) is 55.9 Å². The molecule has 12 aliphatic heterocycles. The molecule has 0 radical (unpaired) electrons. The molecule has 12 fully saturated rings. The second kappa shape index (κ2) is 3.49. The van der Waals surface area contributed by atoms with Gasteiger partial charge >= 0.3 is 235 Å². The number of hydrogen-bond donors (Lipinski definition) is 2. The summed E-state index contributed by atoms with van der Waals surface area (Å²) in [5.41, 5.74) is 0. The Balaban J connectivity index is 1.18. The van der Waals surface area contributed by atoms with E-state index in [1.54, 1.807) is 6.16 Å². The standard InChI is InChI=1S/C28H53N2P2Si.C5H5.Fe/c1-26(2,3)32(27(4,5)6)20-21-16-24(33(7,8)9)17-25(21)28(31,22-12-10-14-29-18-22)23-13-11-15-30-19-23;1-2-4-5-3-1;/h16-17,22-23,29-30H,10-15,18-20,31H2,1-9H3;1-5H;. The van der Waals surface area contributed by atoms with Gasteiger partial charge in [-0.25, -0.2) is 0 Å². The van der Waals surface area contributed by atoms with Crippen molar-refractivity contribution < 1.29 is 6.51 Å².